The van der Waals surface area contributed by atoms with Gasteiger partial charge in [0.25, 0.3) is 5.91 Å². The van der Waals surface area contributed by atoms with Crippen LogP contribution in [0.4, 0.5) is 5.69 Å². The van der Waals surface area contributed by atoms with Gasteiger partial charge in [0.2, 0.25) is 0 Å². The van der Waals surface area contributed by atoms with Crippen molar-refractivity contribution in [2.24, 2.45) is 0 Å². The van der Waals surface area contributed by atoms with E-state index in [9.17, 15) is 15.0 Å². The van der Waals surface area contributed by atoms with Gasteiger partial charge in [-0.1, -0.05) is 17.7 Å². The lowest BCUT2D eigenvalue weighted by Gasteiger charge is -2.28. The molecule has 1 heterocycles. The Labute approximate surface area is 119 Å². The summed E-state index contributed by atoms with van der Waals surface area (Å²) in [5, 5.41) is 25.2. The minimum atomic E-state index is -0.484. The maximum Gasteiger partial charge on any atom is 0.255 e. The number of hydrogen-bond acceptors (Lipinski definition) is 4. The average molecular weight is 291 g/mol. The second kappa shape index (κ2) is 4.61. The van der Waals surface area contributed by atoms with Crippen LogP contribution in [0, 0.1) is 0 Å². The van der Waals surface area contributed by atoms with Gasteiger partial charge in [0.1, 0.15) is 6.17 Å². The molecular formula is C14H11ClN2O3. The number of phenols is 2. The summed E-state index contributed by atoms with van der Waals surface area (Å²) >= 11 is 5.86. The number of benzene rings is 2. The van der Waals surface area contributed by atoms with E-state index in [1.807, 2.05) is 0 Å². The Bertz CT molecular complexity index is 703. The minimum Gasteiger partial charge on any atom is -0.504 e. The van der Waals surface area contributed by atoms with Crippen molar-refractivity contribution in [2.75, 3.05) is 5.32 Å². The van der Waals surface area contributed by atoms with Crippen LogP contribution in [-0.2, 0) is 0 Å². The molecule has 6 heteroatoms. The number of nitrogens with one attached hydrogen (secondary N) is 2. The Morgan fingerprint density at radius 3 is 2.55 bits per heavy atom. The van der Waals surface area contributed by atoms with Crippen molar-refractivity contribution >= 4 is 23.2 Å². The molecule has 5 nitrogen and oxygen atoms in total. The van der Waals surface area contributed by atoms with E-state index in [2.05, 4.69) is 10.6 Å². The van der Waals surface area contributed by atoms with Gasteiger partial charge in [-0.2, -0.15) is 0 Å². The number of carbonyl (C=O) groups is 1. The molecule has 0 fully saturated rings. The molecule has 3 rings (SSSR count). The predicted molar refractivity (Wildman–Crippen MR) is 75.1 cm³/mol. The molecule has 0 saturated heterocycles. The standard InChI is InChI=1S/C14H11ClN2O3/c15-8-2-3-10-9(6-8)14(20)17-13(16-10)7-1-4-11(18)12(19)5-7/h1-6,13,16,18-19H,(H,17,20). The van der Waals surface area contributed by atoms with Crippen LogP contribution in [0.25, 0.3) is 0 Å². The first-order chi connectivity index (χ1) is 9.54. The van der Waals surface area contributed by atoms with Gasteiger partial charge in [0, 0.05) is 10.7 Å². The van der Waals surface area contributed by atoms with Crippen LogP contribution in [0.5, 0.6) is 11.5 Å². The van der Waals surface area contributed by atoms with Gasteiger partial charge in [0.15, 0.2) is 11.5 Å². The smallest absolute Gasteiger partial charge is 0.255 e. The van der Waals surface area contributed by atoms with Gasteiger partial charge in [-0.15, -0.1) is 0 Å². The first kappa shape index (κ1) is 12.6. The molecule has 4 N–H and O–H groups in total. The lowest BCUT2D eigenvalue weighted by molar-refractivity contribution is 0.0935. The fourth-order valence-corrected chi connectivity index (χ4v) is 2.29. The summed E-state index contributed by atoms with van der Waals surface area (Å²) in [6, 6.07) is 9.39. The van der Waals surface area contributed by atoms with Crippen LogP contribution < -0.4 is 10.6 Å². The molecule has 0 saturated carbocycles. The second-order valence-corrected chi connectivity index (χ2v) is 4.93. The lowest BCUT2D eigenvalue weighted by atomic mass is 10.1. The number of aromatic hydroxyl groups is 2. The van der Waals surface area contributed by atoms with Crippen molar-refractivity contribution in [3.8, 4) is 11.5 Å². The molecule has 1 atom stereocenters. The third kappa shape index (κ3) is 2.12. The maximum absolute atomic E-state index is 12.1. The quantitative estimate of drug-likeness (QED) is 0.609. The molecule has 20 heavy (non-hydrogen) atoms. The highest BCUT2D eigenvalue weighted by Gasteiger charge is 2.25. The summed E-state index contributed by atoms with van der Waals surface area (Å²) in [6.45, 7) is 0. The van der Waals surface area contributed by atoms with Crippen LogP contribution in [0.2, 0.25) is 5.02 Å². The molecule has 0 radical (unpaired) electrons. The van der Waals surface area contributed by atoms with Gasteiger partial charge in [0.05, 0.1) is 5.56 Å². The first-order valence-electron chi connectivity index (χ1n) is 5.93. The summed E-state index contributed by atoms with van der Waals surface area (Å²) in [5.74, 6) is -0.692. The molecule has 1 aliphatic heterocycles. The van der Waals surface area contributed by atoms with E-state index < -0.39 is 6.17 Å². The van der Waals surface area contributed by atoms with E-state index in [4.69, 9.17) is 11.6 Å². The zero-order valence-electron chi connectivity index (χ0n) is 10.2. The molecule has 0 bridgehead atoms. The predicted octanol–water partition coefficient (Wildman–Crippen LogP) is 2.61. The molecule has 1 amide bonds. The van der Waals surface area contributed by atoms with Crippen molar-refractivity contribution in [1.82, 2.24) is 5.32 Å². The highest BCUT2D eigenvalue weighted by Crippen LogP contribution is 2.32. The molecule has 0 aliphatic carbocycles. The molecule has 0 aromatic heterocycles. The lowest BCUT2D eigenvalue weighted by Crippen LogP contribution is -2.38. The van der Waals surface area contributed by atoms with E-state index in [1.54, 1.807) is 24.3 Å². The Kier molecular flexibility index (Phi) is 2.91. The van der Waals surface area contributed by atoms with Crippen LogP contribution in [0.1, 0.15) is 22.1 Å². The van der Waals surface area contributed by atoms with Crippen LogP contribution in [-0.4, -0.2) is 16.1 Å². The highest BCUT2D eigenvalue weighted by molar-refractivity contribution is 6.31. The molecule has 1 unspecified atom stereocenters. The Hall–Kier alpha value is -2.40. The summed E-state index contributed by atoms with van der Waals surface area (Å²) in [7, 11) is 0. The van der Waals surface area contributed by atoms with E-state index in [1.165, 1.54) is 12.1 Å². The van der Waals surface area contributed by atoms with Gasteiger partial charge >= 0.3 is 0 Å². The maximum atomic E-state index is 12.1. The molecule has 102 valence electrons. The van der Waals surface area contributed by atoms with E-state index in [0.717, 1.165) is 0 Å². The Balaban J connectivity index is 1.97. The molecule has 1 aliphatic rings. The van der Waals surface area contributed by atoms with Crippen LogP contribution in [0.15, 0.2) is 36.4 Å². The largest absolute Gasteiger partial charge is 0.504 e. The number of hydrogen-bond donors (Lipinski definition) is 4. The monoisotopic (exact) mass is 290 g/mol. The molecule has 2 aromatic rings. The zero-order valence-corrected chi connectivity index (χ0v) is 11.0. The van der Waals surface area contributed by atoms with Crippen LogP contribution in [0.3, 0.4) is 0 Å². The van der Waals surface area contributed by atoms with Crippen molar-refractivity contribution < 1.29 is 15.0 Å². The summed E-state index contributed by atoms with van der Waals surface area (Å²) in [5.41, 5.74) is 1.77. The number of halogens is 1. The Morgan fingerprint density at radius 1 is 1.00 bits per heavy atom. The fourth-order valence-electron chi connectivity index (χ4n) is 2.12. The van der Waals surface area contributed by atoms with E-state index in [0.29, 0.717) is 21.8 Å². The van der Waals surface area contributed by atoms with Crippen molar-refractivity contribution in [3.63, 3.8) is 0 Å². The number of anilines is 1. The SMILES string of the molecule is O=C1NC(c2ccc(O)c(O)c2)Nc2ccc(Cl)cc21. The fraction of sp³-hybridized carbons (Fsp3) is 0.0714. The Morgan fingerprint density at radius 2 is 1.80 bits per heavy atom. The third-order valence-electron chi connectivity index (χ3n) is 3.13. The number of carbonyl (C=O) groups excluding carboxylic acids is 1. The molecule has 0 spiro atoms. The molecular weight excluding hydrogens is 280 g/mol. The van der Waals surface area contributed by atoms with Gasteiger partial charge in [-0.3, -0.25) is 4.79 Å². The van der Waals surface area contributed by atoms with E-state index in [-0.39, 0.29) is 17.4 Å². The van der Waals surface area contributed by atoms with Crippen LogP contribution >= 0.6 is 11.6 Å². The van der Waals surface area contributed by atoms with Gasteiger partial charge in [-0.25, -0.2) is 0 Å². The summed E-state index contributed by atoms with van der Waals surface area (Å²) in [6.07, 6.45) is -0.484. The number of phenolic OH excluding ortho intramolecular Hbond substituents is 2. The van der Waals surface area contributed by atoms with Gasteiger partial charge < -0.3 is 20.8 Å². The average Bonchev–Trinajstić information content (AvgIpc) is 2.42. The van der Waals surface area contributed by atoms with Crippen molar-refractivity contribution in [2.45, 2.75) is 6.17 Å². The van der Waals surface area contributed by atoms with E-state index >= 15 is 0 Å². The number of rotatable bonds is 1. The highest BCUT2D eigenvalue weighted by atomic mass is 35.5. The normalized spacial score (nSPS) is 17.1. The van der Waals surface area contributed by atoms with Crippen molar-refractivity contribution in [1.29, 1.82) is 0 Å². The number of fused-ring (bicyclic) bond motifs is 1. The topological polar surface area (TPSA) is 81.6 Å². The zero-order chi connectivity index (χ0) is 14.3. The third-order valence-corrected chi connectivity index (χ3v) is 3.37. The summed E-state index contributed by atoms with van der Waals surface area (Å²) < 4.78 is 0. The first-order valence-corrected chi connectivity index (χ1v) is 6.31. The summed E-state index contributed by atoms with van der Waals surface area (Å²) in [4.78, 5) is 12.1. The molecule has 2 aromatic carbocycles. The second-order valence-electron chi connectivity index (χ2n) is 4.49. The minimum absolute atomic E-state index is 0.205. The van der Waals surface area contributed by atoms with Gasteiger partial charge in [-0.05, 0) is 35.9 Å². The number of amides is 1. The van der Waals surface area contributed by atoms with Crippen molar-refractivity contribution in [3.05, 3.63) is 52.5 Å².